The molecule has 30 heavy (non-hydrogen) atoms. The molecule has 0 bridgehead atoms. The molecule has 9 heteroatoms. The van der Waals surface area contributed by atoms with Crippen molar-refractivity contribution in [3.05, 3.63) is 53.3 Å². The summed E-state index contributed by atoms with van der Waals surface area (Å²) in [6.07, 6.45) is -1.03. The summed E-state index contributed by atoms with van der Waals surface area (Å²) in [5.41, 5.74) is 1.74. The van der Waals surface area contributed by atoms with Gasteiger partial charge in [0.25, 0.3) is 0 Å². The lowest BCUT2D eigenvalue weighted by atomic mass is 9.97. The molecule has 1 aromatic carbocycles. The van der Waals surface area contributed by atoms with E-state index in [1.807, 2.05) is 13.0 Å². The zero-order valence-electron chi connectivity index (χ0n) is 16.7. The Morgan fingerprint density at radius 3 is 2.67 bits per heavy atom. The van der Waals surface area contributed by atoms with Gasteiger partial charge in [-0.15, -0.1) is 5.10 Å². The second kappa shape index (κ2) is 8.06. The Morgan fingerprint density at radius 1 is 1.17 bits per heavy atom. The van der Waals surface area contributed by atoms with Gasteiger partial charge in [0.15, 0.2) is 5.82 Å². The van der Waals surface area contributed by atoms with Crippen molar-refractivity contribution in [2.75, 3.05) is 36.5 Å². The average molecular weight is 417 g/mol. The Hall–Kier alpha value is -2.94. The molecular formula is C21H22F3N5O. The van der Waals surface area contributed by atoms with Crippen molar-refractivity contribution in [1.82, 2.24) is 15.2 Å². The van der Waals surface area contributed by atoms with Crippen LogP contribution in [0.2, 0.25) is 0 Å². The van der Waals surface area contributed by atoms with Crippen LogP contribution in [0.5, 0.6) is 0 Å². The van der Waals surface area contributed by atoms with Gasteiger partial charge in [0.1, 0.15) is 0 Å². The molecule has 2 aromatic heterocycles. The lowest BCUT2D eigenvalue weighted by molar-refractivity contribution is -0.138. The molecule has 1 N–H and O–H groups in total. The highest BCUT2D eigenvalue weighted by Crippen LogP contribution is 2.35. The van der Waals surface area contributed by atoms with Crippen LogP contribution in [0.3, 0.4) is 0 Å². The Morgan fingerprint density at radius 2 is 1.93 bits per heavy atom. The van der Waals surface area contributed by atoms with Gasteiger partial charge >= 0.3 is 6.18 Å². The van der Waals surface area contributed by atoms with Gasteiger partial charge < -0.3 is 15.0 Å². The van der Waals surface area contributed by atoms with Crippen LogP contribution in [-0.4, -0.2) is 41.5 Å². The number of pyridine rings is 1. The highest BCUT2D eigenvalue weighted by atomic mass is 19.4. The SMILES string of the molecule is Cc1c([C@@H](C)Nc2nncc3ncc(N4CCOCC4)cc23)cccc1C(F)(F)F. The molecule has 3 aromatic rings. The second-order valence-electron chi connectivity index (χ2n) is 7.30. The Bertz CT molecular complexity index is 1050. The van der Waals surface area contributed by atoms with Gasteiger partial charge in [-0.25, -0.2) is 0 Å². The van der Waals surface area contributed by atoms with E-state index in [0.717, 1.165) is 30.2 Å². The molecule has 1 aliphatic rings. The summed E-state index contributed by atoms with van der Waals surface area (Å²) in [7, 11) is 0. The summed E-state index contributed by atoms with van der Waals surface area (Å²) in [5, 5.41) is 12.2. The predicted molar refractivity (Wildman–Crippen MR) is 109 cm³/mol. The molecule has 0 spiro atoms. The quantitative estimate of drug-likeness (QED) is 0.681. The van der Waals surface area contributed by atoms with Crippen molar-refractivity contribution in [3.8, 4) is 0 Å². The predicted octanol–water partition coefficient (Wildman–Crippen LogP) is 4.36. The maximum atomic E-state index is 13.3. The molecule has 3 heterocycles. The Balaban J connectivity index is 1.67. The number of rotatable bonds is 4. The molecule has 0 unspecified atom stereocenters. The maximum Gasteiger partial charge on any atom is 0.416 e. The first-order valence-corrected chi connectivity index (χ1v) is 9.72. The fraction of sp³-hybridized carbons (Fsp3) is 0.381. The molecule has 1 fully saturated rings. The molecule has 0 amide bonds. The molecule has 0 saturated carbocycles. The molecule has 158 valence electrons. The Kier molecular flexibility index (Phi) is 5.46. The number of aromatic nitrogens is 3. The van der Waals surface area contributed by atoms with Crippen molar-refractivity contribution in [3.63, 3.8) is 0 Å². The second-order valence-corrected chi connectivity index (χ2v) is 7.30. The number of ether oxygens (including phenoxy) is 1. The lowest BCUT2D eigenvalue weighted by Crippen LogP contribution is -2.36. The largest absolute Gasteiger partial charge is 0.416 e. The Labute approximate surface area is 172 Å². The van der Waals surface area contributed by atoms with E-state index in [1.165, 1.54) is 13.0 Å². The number of hydrogen-bond acceptors (Lipinski definition) is 6. The number of nitrogens with zero attached hydrogens (tertiary/aromatic N) is 4. The summed E-state index contributed by atoms with van der Waals surface area (Å²) >= 11 is 0. The minimum atomic E-state index is -4.39. The molecule has 6 nitrogen and oxygen atoms in total. The van der Waals surface area contributed by atoms with Gasteiger partial charge in [-0.3, -0.25) is 4.98 Å². The zero-order valence-corrected chi connectivity index (χ0v) is 16.7. The molecule has 0 radical (unpaired) electrons. The number of benzene rings is 1. The number of alkyl halides is 3. The topological polar surface area (TPSA) is 63.2 Å². The minimum Gasteiger partial charge on any atom is -0.378 e. The normalized spacial score (nSPS) is 16.0. The van der Waals surface area contributed by atoms with Crippen molar-refractivity contribution in [2.45, 2.75) is 26.1 Å². The van der Waals surface area contributed by atoms with Crippen LogP contribution in [0.15, 0.2) is 36.7 Å². The van der Waals surface area contributed by atoms with E-state index in [0.29, 0.717) is 30.1 Å². The summed E-state index contributed by atoms with van der Waals surface area (Å²) in [4.78, 5) is 6.67. The molecular weight excluding hydrogens is 395 g/mol. The van der Waals surface area contributed by atoms with Crippen molar-refractivity contribution >= 4 is 22.4 Å². The van der Waals surface area contributed by atoms with Gasteiger partial charge in [0.2, 0.25) is 0 Å². The number of nitrogens with one attached hydrogen (secondary N) is 1. The van der Waals surface area contributed by atoms with Gasteiger partial charge in [-0.05, 0) is 37.1 Å². The molecule has 0 aliphatic carbocycles. The van der Waals surface area contributed by atoms with Crippen LogP contribution in [0.25, 0.3) is 10.9 Å². The fourth-order valence-corrected chi connectivity index (χ4v) is 3.77. The molecule has 1 atom stereocenters. The van der Waals surface area contributed by atoms with E-state index in [9.17, 15) is 13.2 Å². The lowest BCUT2D eigenvalue weighted by Gasteiger charge is -2.28. The average Bonchev–Trinajstić information content (AvgIpc) is 2.73. The molecule has 4 rings (SSSR count). The fourth-order valence-electron chi connectivity index (χ4n) is 3.77. The summed E-state index contributed by atoms with van der Waals surface area (Å²) in [6.45, 7) is 6.15. The number of morpholine rings is 1. The monoisotopic (exact) mass is 417 g/mol. The highest BCUT2D eigenvalue weighted by molar-refractivity contribution is 5.90. The van der Waals surface area contributed by atoms with Gasteiger partial charge in [-0.1, -0.05) is 12.1 Å². The third-order valence-corrected chi connectivity index (χ3v) is 5.37. The van der Waals surface area contributed by atoms with Crippen LogP contribution in [0, 0.1) is 6.92 Å². The van der Waals surface area contributed by atoms with E-state index in [4.69, 9.17) is 4.74 Å². The van der Waals surface area contributed by atoms with Gasteiger partial charge in [0.05, 0.1) is 48.4 Å². The van der Waals surface area contributed by atoms with Gasteiger partial charge in [-0.2, -0.15) is 18.3 Å². The number of hydrogen-bond donors (Lipinski definition) is 1. The first-order valence-electron chi connectivity index (χ1n) is 9.72. The maximum absolute atomic E-state index is 13.3. The van der Waals surface area contributed by atoms with Crippen molar-refractivity contribution in [1.29, 1.82) is 0 Å². The van der Waals surface area contributed by atoms with E-state index < -0.39 is 17.8 Å². The van der Waals surface area contributed by atoms with E-state index >= 15 is 0 Å². The van der Waals surface area contributed by atoms with E-state index in [2.05, 4.69) is 25.4 Å². The minimum absolute atomic E-state index is 0.199. The smallest absolute Gasteiger partial charge is 0.378 e. The molecule has 1 aliphatic heterocycles. The van der Waals surface area contributed by atoms with Crippen LogP contribution >= 0.6 is 0 Å². The third-order valence-electron chi connectivity index (χ3n) is 5.37. The molecule has 1 saturated heterocycles. The zero-order chi connectivity index (χ0) is 21.3. The third kappa shape index (κ3) is 4.02. The first kappa shape index (κ1) is 20.3. The van der Waals surface area contributed by atoms with Crippen LogP contribution in [0.1, 0.15) is 29.7 Å². The van der Waals surface area contributed by atoms with E-state index in [1.54, 1.807) is 18.5 Å². The summed E-state index contributed by atoms with van der Waals surface area (Å²) in [5.74, 6) is 0.486. The number of fused-ring (bicyclic) bond motifs is 1. The van der Waals surface area contributed by atoms with Crippen LogP contribution < -0.4 is 10.2 Å². The highest BCUT2D eigenvalue weighted by Gasteiger charge is 2.33. The summed E-state index contributed by atoms with van der Waals surface area (Å²) in [6, 6.07) is 5.80. The van der Waals surface area contributed by atoms with E-state index in [-0.39, 0.29) is 5.56 Å². The van der Waals surface area contributed by atoms with Crippen molar-refractivity contribution in [2.24, 2.45) is 0 Å². The van der Waals surface area contributed by atoms with Crippen LogP contribution in [0.4, 0.5) is 24.7 Å². The number of halogens is 3. The standard InChI is InChI=1S/C21H22F3N5O/c1-13-16(4-3-5-18(13)21(22,23)24)14(2)27-20-17-10-15(29-6-8-30-9-7-29)11-25-19(17)12-26-28-20/h3-5,10-12,14H,6-9H2,1-2H3,(H,27,28)/t14-/m1/s1. The summed E-state index contributed by atoms with van der Waals surface area (Å²) < 4.78 is 45.3. The number of anilines is 2. The van der Waals surface area contributed by atoms with Gasteiger partial charge in [0, 0.05) is 18.5 Å². The van der Waals surface area contributed by atoms with Crippen molar-refractivity contribution < 1.29 is 17.9 Å². The van der Waals surface area contributed by atoms with Crippen LogP contribution in [-0.2, 0) is 10.9 Å². The first-order chi connectivity index (χ1) is 14.3.